The molecule has 0 aliphatic carbocycles. The minimum Gasteiger partial charge on any atom is -0.294 e. The molecule has 2 amide bonds. The van der Waals surface area contributed by atoms with E-state index < -0.39 is 17.6 Å². The van der Waals surface area contributed by atoms with Gasteiger partial charge in [-0.15, -0.1) is 0 Å². The first-order valence-corrected chi connectivity index (χ1v) is 7.40. The lowest BCUT2D eigenvalue weighted by molar-refractivity contribution is -0.121. The molecular weight excluding hydrogens is 311 g/mol. The number of hydrogen-bond donors (Lipinski definition) is 2. The number of ketones is 1. The van der Waals surface area contributed by atoms with Crippen molar-refractivity contribution in [2.75, 3.05) is 0 Å². The standard InChI is InChI=1S/C18H17FN2O3/c1-12-2-4-14(5-3-12)18(24)21-20-17(23)11-10-16(22)13-6-8-15(19)9-7-13/h2-9H,10-11H2,1H3,(H,20,23)(H,21,24). The first-order valence-electron chi connectivity index (χ1n) is 7.40. The third-order valence-electron chi connectivity index (χ3n) is 3.37. The van der Waals surface area contributed by atoms with E-state index in [9.17, 15) is 18.8 Å². The first-order chi connectivity index (χ1) is 11.5. The number of Topliss-reactive ketones (excluding diaryl/α,β-unsaturated/α-hetero) is 1. The molecule has 0 unspecified atom stereocenters. The van der Waals surface area contributed by atoms with Gasteiger partial charge in [0.25, 0.3) is 5.91 Å². The summed E-state index contributed by atoms with van der Waals surface area (Å²) in [5, 5.41) is 0. The maximum absolute atomic E-state index is 12.8. The van der Waals surface area contributed by atoms with Crippen molar-refractivity contribution < 1.29 is 18.8 Å². The van der Waals surface area contributed by atoms with Crippen molar-refractivity contribution in [1.29, 1.82) is 0 Å². The lowest BCUT2D eigenvalue weighted by Gasteiger charge is -2.07. The molecule has 124 valence electrons. The Bertz CT molecular complexity index is 676. The topological polar surface area (TPSA) is 75.3 Å². The number of carbonyl (C=O) groups is 3. The van der Waals surface area contributed by atoms with Gasteiger partial charge in [-0.1, -0.05) is 17.7 Å². The number of nitrogens with one attached hydrogen (secondary N) is 2. The molecule has 2 aromatic rings. The summed E-state index contributed by atoms with van der Waals surface area (Å²) >= 11 is 0. The van der Waals surface area contributed by atoms with E-state index in [-0.39, 0.29) is 18.6 Å². The quantitative estimate of drug-likeness (QED) is 0.654. The predicted octanol–water partition coefficient (Wildman–Crippen LogP) is 2.56. The number of carbonyl (C=O) groups excluding carboxylic acids is 3. The SMILES string of the molecule is Cc1ccc(C(=O)NNC(=O)CCC(=O)c2ccc(F)cc2)cc1. The van der Waals surface area contributed by atoms with E-state index in [1.807, 2.05) is 6.92 Å². The fourth-order valence-corrected chi connectivity index (χ4v) is 1.97. The Morgan fingerprint density at radius 1 is 0.833 bits per heavy atom. The van der Waals surface area contributed by atoms with E-state index in [1.165, 1.54) is 24.3 Å². The molecular formula is C18H17FN2O3. The van der Waals surface area contributed by atoms with Crippen molar-refractivity contribution in [3.63, 3.8) is 0 Å². The summed E-state index contributed by atoms with van der Waals surface area (Å²) in [6, 6.07) is 12.0. The van der Waals surface area contributed by atoms with E-state index in [1.54, 1.807) is 24.3 Å². The number of hydrazine groups is 1. The fourth-order valence-electron chi connectivity index (χ4n) is 1.97. The first kappa shape index (κ1) is 17.3. The summed E-state index contributed by atoms with van der Waals surface area (Å²) < 4.78 is 12.8. The molecule has 0 atom stereocenters. The number of benzene rings is 2. The number of rotatable bonds is 5. The second-order valence-corrected chi connectivity index (χ2v) is 5.30. The normalized spacial score (nSPS) is 10.1. The van der Waals surface area contributed by atoms with Crippen LogP contribution in [0.3, 0.4) is 0 Å². The average Bonchev–Trinajstić information content (AvgIpc) is 2.58. The van der Waals surface area contributed by atoms with Gasteiger partial charge in [-0.05, 0) is 43.3 Å². The summed E-state index contributed by atoms with van der Waals surface area (Å²) in [4.78, 5) is 35.4. The van der Waals surface area contributed by atoms with Crippen molar-refractivity contribution >= 4 is 17.6 Å². The van der Waals surface area contributed by atoms with Crippen LogP contribution in [0.5, 0.6) is 0 Å². The molecule has 24 heavy (non-hydrogen) atoms. The van der Waals surface area contributed by atoms with Crippen LogP contribution in [0.25, 0.3) is 0 Å². The van der Waals surface area contributed by atoms with Crippen molar-refractivity contribution in [2.45, 2.75) is 19.8 Å². The molecule has 5 nitrogen and oxygen atoms in total. The minimum atomic E-state index is -0.481. The third kappa shape index (κ3) is 5.01. The lowest BCUT2D eigenvalue weighted by Crippen LogP contribution is -2.41. The van der Waals surface area contributed by atoms with Crippen LogP contribution in [-0.2, 0) is 4.79 Å². The molecule has 0 spiro atoms. The molecule has 0 aliphatic heterocycles. The summed E-state index contributed by atoms with van der Waals surface area (Å²) in [5.74, 6) is -1.61. The second-order valence-electron chi connectivity index (χ2n) is 5.30. The van der Waals surface area contributed by atoms with Crippen molar-refractivity contribution in [3.05, 3.63) is 71.0 Å². The molecule has 0 radical (unpaired) electrons. The third-order valence-corrected chi connectivity index (χ3v) is 3.37. The van der Waals surface area contributed by atoms with Gasteiger partial charge in [-0.2, -0.15) is 0 Å². The van der Waals surface area contributed by atoms with E-state index in [4.69, 9.17) is 0 Å². The highest BCUT2D eigenvalue weighted by Crippen LogP contribution is 2.07. The molecule has 2 rings (SSSR count). The Labute approximate surface area is 138 Å². The molecule has 0 heterocycles. The van der Waals surface area contributed by atoms with Gasteiger partial charge in [-0.25, -0.2) is 4.39 Å². The predicted molar refractivity (Wildman–Crippen MR) is 86.8 cm³/mol. The molecule has 2 N–H and O–H groups in total. The summed E-state index contributed by atoms with van der Waals surface area (Å²) in [6.07, 6.45) is -0.109. The van der Waals surface area contributed by atoms with Crippen LogP contribution >= 0.6 is 0 Å². The van der Waals surface area contributed by atoms with E-state index in [0.717, 1.165) is 5.56 Å². The molecule has 6 heteroatoms. The van der Waals surface area contributed by atoms with Gasteiger partial charge in [0, 0.05) is 24.0 Å². The van der Waals surface area contributed by atoms with Crippen LogP contribution in [-0.4, -0.2) is 17.6 Å². The van der Waals surface area contributed by atoms with Crippen LogP contribution in [0.2, 0.25) is 0 Å². The smallest absolute Gasteiger partial charge is 0.269 e. The van der Waals surface area contributed by atoms with Crippen molar-refractivity contribution in [1.82, 2.24) is 10.9 Å². The zero-order chi connectivity index (χ0) is 17.5. The summed E-state index contributed by atoms with van der Waals surface area (Å²) in [6.45, 7) is 1.90. The zero-order valence-electron chi connectivity index (χ0n) is 13.1. The monoisotopic (exact) mass is 328 g/mol. The molecule has 0 saturated carbocycles. The van der Waals surface area contributed by atoms with Gasteiger partial charge in [-0.3, -0.25) is 25.2 Å². The molecule has 2 aromatic carbocycles. The van der Waals surface area contributed by atoms with Crippen LogP contribution in [0, 0.1) is 12.7 Å². The minimum absolute atomic E-state index is 0.0299. The van der Waals surface area contributed by atoms with Crippen LogP contribution < -0.4 is 10.9 Å². The zero-order valence-corrected chi connectivity index (χ0v) is 13.1. The molecule has 0 aromatic heterocycles. The number of hydrogen-bond acceptors (Lipinski definition) is 3. The summed E-state index contributed by atoms with van der Waals surface area (Å²) in [5.41, 5.74) is 6.33. The number of amides is 2. The van der Waals surface area contributed by atoms with Crippen molar-refractivity contribution in [3.8, 4) is 0 Å². The molecule has 0 bridgehead atoms. The Hall–Kier alpha value is -3.02. The number of halogens is 1. The Morgan fingerprint density at radius 2 is 1.42 bits per heavy atom. The van der Waals surface area contributed by atoms with Gasteiger partial charge in [0.05, 0.1) is 0 Å². The van der Waals surface area contributed by atoms with E-state index in [2.05, 4.69) is 10.9 Å². The van der Waals surface area contributed by atoms with Gasteiger partial charge >= 0.3 is 0 Å². The van der Waals surface area contributed by atoms with Gasteiger partial charge in [0.15, 0.2) is 5.78 Å². The molecule has 0 saturated heterocycles. The Balaban J connectivity index is 1.77. The second kappa shape index (κ2) is 8.01. The van der Waals surface area contributed by atoms with Crippen LogP contribution in [0.15, 0.2) is 48.5 Å². The molecule has 0 aliphatic rings. The highest BCUT2D eigenvalue weighted by Gasteiger charge is 2.11. The highest BCUT2D eigenvalue weighted by atomic mass is 19.1. The highest BCUT2D eigenvalue weighted by molar-refractivity contribution is 5.98. The fraction of sp³-hybridized carbons (Fsp3) is 0.167. The lowest BCUT2D eigenvalue weighted by atomic mass is 10.1. The Morgan fingerprint density at radius 3 is 2.04 bits per heavy atom. The average molecular weight is 328 g/mol. The van der Waals surface area contributed by atoms with E-state index in [0.29, 0.717) is 11.1 Å². The van der Waals surface area contributed by atoms with Crippen molar-refractivity contribution in [2.24, 2.45) is 0 Å². The Kier molecular flexibility index (Phi) is 5.78. The van der Waals surface area contributed by atoms with Gasteiger partial charge in [0.2, 0.25) is 5.91 Å². The van der Waals surface area contributed by atoms with Crippen LogP contribution in [0.4, 0.5) is 4.39 Å². The molecule has 0 fully saturated rings. The van der Waals surface area contributed by atoms with Gasteiger partial charge < -0.3 is 0 Å². The van der Waals surface area contributed by atoms with Gasteiger partial charge in [0.1, 0.15) is 5.82 Å². The summed E-state index contributed by atoms with van der Waals surface area (Å²) in [7, 11) is 0. The largest absolute Gasteiger partial charge is 0.294 e. The maximum atomic E-state index is 12.8. The van der Waals surface area contributed by atoms with Crippen LogP contribution in [0.1, 0.15) is 39.1 Å². The maximum Gasteiger partial charge on any atom is 0.269 e. The van der Waals surface area contributed by atoms with E-state index >= 15 is 0 Å². The number of aryl methyl sites for hydroxylation is 1.